The van der Waals surface area contributed by atoms with Gasteiger partial charge in [-0.05, 0) is 45.3 Å². The third kappa shape index (κ3) is 3.18. The van der Waals surface area contributed by atoms with Gasteiger partial charge in [-0.1, -0.05) is 6.42 Å². The molecule has 2 aliphatic heterocycles. The number of likely N-dealkylation sites (tertiary alicyclic amines) is 2. The number of piperidine rings is 1. The van der Waals surface area contributed by atoms with E-state index in [2.05, 4.69) is 26.4 Å². The Kier molecular flexibility index (Phi) is 4.18. The summed E-state index contributed by atoms with van der Waals surface area (Å²) < 4.78 is 2.15. The van der Waals surface area contributed by atoms with Gasteiger partial charge in [0.2, 0.25) is 0 Å². The van der Waals surface area contributed by atoms with Gasteiger partial charge < -0.3 is 9.47 Å². The second-order valence-electron chi connectivity index (χ2n) is 6.12. The molecule has 0 unspecified atom stereocenters. The molecule has 19 heavy (non-hydrogen) atoms. The fourth-order valence-corrected chi connectivity index (χ4v) is 3.48. The van der Waals surface area contributed by atoms with Crippen molar-refractivity contribution in [3.05, 3.63) is 18.2 Å². The lowest BCUT2D eigenvalue weighted by Crippen LogP contribution is -2.45. The second kappa shape index (κ2) is 6.06. The van der Waals surface area contributed by atoms with E-state index in [1.165, 1.54) is 64.0 Å². The molecule has 1 atom stereocenters. The lowest BCUT2D eigenvalue weighted by Gasteiger charge is -2.37. The van der Waals surface area contributed by atoms with Gasteiger partial charge >= 0.3 is 0 Å². The van der Waals surface area contributed by atoms with E-state index >= 15 is 0 Å². The van der Waals surface area contributed by atoms with Crippen molar-refractivity contribution in [1.29, 1.82) is 0 Å². The molecule has 0 N–H and O–H groups in total. The highest BCUT2D eigenvalue weighted by molar-refractivity contribution is 4.98. The largest absolute Gasteiger partial charge is 0.337 e. The normalized spacial score (nSPS) is 26.1. The zero-order chi connectivity index (χ0) is 13.1. The van der Waals surface area contributed by atoms with Crippen LogP contribution < -0.4 is 0 Å². The van der Waals surface area contributed by atoms with Crippen molar-refractivity contribution >= 4 is 0 Å². The molecule has 2 fully saturated rings. The minimum absolute atomic E-state index is 0.752. The summed E-state index contributed by atoms with van der Waals surface area (Å²) in [6, 6.07) is 0.752. The summed E-state index contributed by atoms with van der Waals surface area (Å²) in [4.78, 5) is 9.58. The van der Waals surface area contributed by atoms with Crippen LogP contribution in [0, 0.1) is 0 Å². The van der Waals surface area contributed by atoms with Crippen molar-refractivity contribution in [3.8, 4) is 0 Å². The lowest BCUT2D eigenvalue weighted by atomic mass is 10.0. The highest BCUT2D eigenvalue weighted by Gasteiger charge is 2.26. The van der Waals surface area contributed by atoms with Crippen LogP contribution in [0.3, 0.4) is 0 Å². The highest BCUT2D eigenvalue weighted by Crippen LogP contribution is 2.21. The summed E-state index contributed by atoms with van der Waals surface area (Å²) in [6.45, 7) is 6.22. The number of rotatable bonds is 4. The second-order valence-corrected chi connectivity index (χ2v) is 6.12. The van der Waals surface area contributed by atoms with E-state index in [1.807, 2.05) is 12.5 Å². The standard InChI is InChI=1S/C15H26N4/c1-17-13-16-10-15(17)12-19-9-3-2-6-14(19)11-18-7-4-5-8-18/h10,13-14H,2-9,11-12H2,1H3/t14-/m1/s1. The van der Waals surface area contributed by atoms with Gasteiger partial charge in [-0.25, -0.2) is 4.98 Å². The van der Waals surface area contributed by atoms with Crippen molar-refractivity contribution in [2.24, 2.45) is 7.05 Å². The number of aryl methyl sites for hydroxylation is 1. The van der Waals surface area contributed by atoms with Gasteiger partial charge in [0.15, 0.2) is 0 Å². The summed E-state index contributed by atoms with van der Waals surface area (Å²) >= 11 is 0. The number of hydrogen-bond acceptors (Lipinski definition) is 3. The van der Waals surface area contributed by atoms with E-state index in [9.17, 15) is 0 Å². The molecule has 0 aliphatic carbocycles. The van der Waals surface area contributed by atoms with Gasteiger partial charge in [0.1, 0.15) is 0 Å². The molecule has 0 aromatic carbocycles. The molecule has 2 aliphatic rings. The molecule has 0 saturated carbocycles. The van der Waals surface area contributed by atoms with E-state index < -0.39 is 0 Å². The first-order valence-electron chi connectivity index (χ1n) is 7.74. The molecule has 2 saturated heterocycles. The van der Waals surface area contributed by atoms with Gasteiger partial charge in [0.05, 0.1) is 12.0 Å². The molecule has 3 heterocycles. The van der Waals surface area contributed by atoms with Gasteiger partial charge in [-0.3, -0.25) is 4.90 Å². The molecule has 3 rings (SSSR count). The van der Waals surface area contributed by atoms with Gasteiger partial charge in [0.25, 0.3) is 0 Å². The predicted molar refractivity (Wildman–Crippen MR) is 76.9 cm³/mol. The Labute approximate surface area is 116 Å². The fourth-order valence-electron chi connectivity index (χ4n) is 3.48. The average Bonchev–Trinajstić information content (AvgIpc) is 3.05. The van der Waals surface area contributed by atoms with Crippen LogP contribution in [0.15, 0.2) is 12.5 Å². The molecular weight excluding hydrogens is 236 g/mol. The van der Waals surface area contributed by atoms with Crippen LogP contribution in [0.1, 0.15) is 37.8 Å². The van der Waals surface area contributed by atoms with Gasteiger partial charge in [-0.15, -0.1) is 0 Å². The smallest absolute Gasteiger partial charge is 0.0945 e. The Morgan fingerprint density at radius 1 is 1.16 bits per heavy atom. The summed E-state index contributed by atoms with van der Waals surface area (Å²) in [5.41, 5.74) is 1.34. The maximum Gasteiger partial charge on any atom is 0.0945 e. The zero-order valence-corrected chi connectivity index (χ0v) is 12.1. The Hall–Kier alpha value is -0.870. The maximum absolute atomic E-state index is 4.24. The summed E-state index contributed by atoms with van der Waals surface area (Å²) in [5, 5.41) is 0. The zero-order valence-electron chi connectivity index (χ0n) is 12.1. The quantitative estimate of drug-likeness (QED) is 0.828. The SMILES string of the molecule is Cn1cncc1CN1CCCC[C@@H]1CN1CCCC1. The maximum atomic E-state index is 4.24. The fraction of sp³-hybridized carbons (Fsp3) is 0.800. The summed E-state index contributed by atoms with van der Waals surface area (Å²) in [5.74, 6) is 0. The Bertz CT molecular complexity index is 395. The predicted octanol–water partition coefficient (Wildman–Crippen LogP) is 1.87. The average molecular weight is 262 g/mol. The van der Waals surface area contributed by atoms with Gasteiger partial charge in [0, 0.05) is 32.4 Å². The minimum Gasteiger partial charge on any atom is -0.337 e. The molecule has 1 aromatic heterocycles. The molecule has 1 aromatic rings. The van der Waals surface area contributed by atoms with Crippen molar-refractivity contribution in [3.63, 3.8) is 0 Å². The van der Waals surface area contributed by atoms with Gasteiger partial charge in [-0.2, -0.15) is 0 Å². The van der Waals surface area contributed by atoms with Crippen LogP contribution in [0.25, 0.3) is 0 Å². The van der Waals surface area contributed by atoms with E-state index in [4.69, 9.17) is 0 Å². The van der Waals surface area contributed by atoms with Crippen molar-refractivity contribution in [2.75, 3.05) is 26.2 Å². The molecule has 4 nitrogen and oxygen atoms in total. The first-order valence-corrected chi connectivity index (χ1v) is 7.74. The van der Waals surface area contributed by atoms with Crippen molar-refractivity contribution in [1.82, 2.24) is 19.4 Å². The number of imidazole rings is 1. The molecule has 0 spiro atoms. The van der Waals surface area contributed by atoms with Crippen molar-refractivity contribution in [2.45, 2.75) is 44.7 Å². The lowest BCUT2D eigenvalue weighted by molar-refractivity contribution is 0.104. The van der Waals surface area contributed by atoms with Crippen LogP contribution >= 0.6 is 0 Å². The molecule has 0 amide bonds. The molecule has 106 valence electrons. The van der Waals surface area contributed by atoms with Crippen LogP contribution in [0.4, 0.5) is 0 Å². The molecular formula is C15H26N4. The molecule has 0 radical (unpaired) electrons. The third-order valence-corrected chi connectivity index (χ3v) is 4.70. The topological polar surface area (TPSA) is 24.3 Å². The molecule has 0 bridgehead atoms. The van der Waals surface area contributed by atoms with Crippen LogP contribution in [-0.2, 0) is 13.6 Å². The number of nitrogens with zero attached hydrogens (tertiary/aromatic N) is 4. The third-order valence-electron chi connectivity index (χ3n) is 4.70. The monoisotopic (exact) mass is 262 g/mol. The Morgan fingerprint density at radius 2 is 1.95 bits per heavy atom. The number of aromatic nitrogens is 2. The van der Waals surface area contributed by atoms with Crippen LogP contribution in [0.5, 0.6) is 0 Å². The van der Waals surface area contributed by atoms with E-state index in [0.717, 1.165) is 12.6 Å². The minimum atomic E-state index is 0.752. The highest BCUT2D eigenvalue weighted by atomic mass is 15.2. The number of hydrogen-bond donors (Lipinski definition) is 0. The van der Waals surface area contributed by atoms with E-state index in [0.29, 0.717) is 0 Å². The Balaban J connectivity index is 1.61. The van der Waals surface area contributed by atoms with Crippen LogP contribution in [0.2, 0.25) is 0 Å². The first kappa shape index (κ1) is 13.1. The first-order chi connectivity index (χ1) is 9.33. The summed E-state index contributed by atoms with van der Waals surface area (Å²) in [6.07, 6.45) is 10.8. The van der Waals surface area contributed by atoms with Crippen LogP contribution in [-0.4, -0.2) is 51.6 Å². The van der Waals surface area contributed by atoms with E-state index in [-0.39, 0.29) is 0 Å². The molecule has 4 heteroatoms. The summed E-state index contributed by atoms with van der Waals surface area (Å²) in [7, 11) is 2.10. The van der Waals surface area contributed by atoms with E-state index in [1.54, 1.807) is 0 Å². The Morgan fingerprint density at radius 3 is 2.68 bits per heavy atom. The van der Waals surface area contributed by atoms with Crippen molar-refractivity contribution < 1.29 is 0 Å².